The van der Waals surface area contributed by atoms with E-state index in [2.05, 4.69) is 29.6 Å². The molecule has 4 amide bonds. The number of aryl methyl sites for hydroxylation is 1. The zero-order valence-electron chi connectivity index (χ0n) is 24.4. The summed E-state index contributed by atoms with van der Waals surface area (Å²) in [6.07, 6.45) is 3.42. The lowest BCUT2D eigenvalue weighted by Crippen LogP contribution is -2.65. The molecular weight excluding hydrogens is 524 g/mol. The summed E-state index contributed by atoms with van der Waals surface area (Å²) in [5.74, 6) is -1.37. The SMILES string of the molecule is CNC(=O)[C@@H](NC(=O)C1CN(C(=O)c2cnn(C)c2)CC12CN(C(=O)C1CC1(C)C)C2)[C@@H](C)OCc1ccccc1. The van der Waals surface area contributed by atoms with Gasteiger partial charge < -0.3 is 25.2 Å². The Morgan fingerprint density at radius 3 is 2.32 bits per heavy atom. The van der Waals surface area contributed by atoms with Gasteiger partial charge in [0.2, 0.25) is 17.7 Å². The van der Waals surface area contributed by atoms with Crippen LogP contribution in [0.1, 0.15) is 43.1 Å². The fourth-order valence-electron chi connectivity index (χ4n) is 6.20. The zero-order chi connectivity index (χ0) is 29.5. The average molecular weight is 565 g/mol. The van der Waals surface area contributed by atoms with Gasteiger partial charge in [-0.25, -0.2) is 0 Å². The molecule has 1 aromatic carbocycles. The van der Waals surface area contributed by atoms with Gasteiger partial charge in [0.25, 0.3) is 5.91 Å². The first-order chi connectivity index (χ1) is 19.4. The van der Waals surface area contributed by atoms with Gasteiger partial charge in [0.1, 0.15) is 6.04 Å². The quantitative estimate of drug-likeness (QED) is 0.472. The molecule has 3 heterocycles. The van der Waals surface area contributed by atoms with Crippen LogP contribution in [-0.2, 0) is 32.8 Å². The Kier molecular flexibility index (Phi) is 7.67. The monoisotopic (exact) mass is 564 g/mol. The molecule has 2 unspecified atom stereocenters. The number of benzene rings is 1. The highest BCUT2D eigenvalue weighted by atomic mass is 16.5. The normalized spacial score (nSPS) is 23.4. The maximum atomic E-state index is 13.9. The molecule has 1 spiro atoms. The first kappa shape index (κ1) is 28.8. The summed E-state index contributed by atoms with van der Waals surface area (Å²) in [5.41, 5.74) is 0.823. The van der Waals surface area contributed by atoms with Crippen LogP contribution in [0.2, 0.25) is 0 Å². The van der Waals surface area contributed by atoms with Gasteiger partial charge in [0, 0.05) is 57.8 Å². The highest BCUT2D eigenvalue weighted by molar-refractivity contribution is 5.95. The molecular formula is C30H40N6O5. The van der Waals surface area contributed by atoms with E-state index in [1.54, 1.807) is 29.7 Å². The first-order valence-corrected chi connectivity index (χ1v) is 14.2. The molecule has 2 aromatic rings. The topological polar surface area (TPSA) is 126 Å². The fraction of sp³-hybridized carbons (Fsp3) is 0.567. The second-order valence-electron chi connectivity index (χ2n) is 12.5. The maximum absolute atomic E-state index is 13.9. The van der Waals surface area contributed by atoms with Crippen molar-refractivity contribution in [3.05, 3.63) is 53.9 Å². The molecule has 11 heteroatoms. The third-order valence-corrected chi connectivity index (χ3v) is 8.99. The number of aromatic nitrogens is 2. The van der Waals surface area contributed by atoms with Gasteiger partial charge in [-0.3, -0.25) is 23.9 Å². The molecule has 1 saturated carbocycles. The van der Waals surface area contributed by atoms with Gasteiger partial charge in [-0.1, -0.05) is 44.2 Å². The Balaban J connectivity index is 1.32. The van der Waals surface area contributed by atoms with Gasteiger partial charge in [0.05, 0.1) is 30.4 Å². The summed E-state index contributed by atoms with van der Waals surface area (Å²) in [7, 11) is 3.26. The zero-order valence-corrected chi connectivity index (χ0v) is 24.4. The van der Waals surface area contributed by atoms with Crippen LogP contribution in [0, 0.1) is 22.7 Å². The van der Waals surface area contributed by atoms with Crippen LogP contribution in [0.3, 0.4) is 0 Å². The molecule has 3 aliphatic rings. The van der Waals surface area contributed by atoms with Crippen LogP contribution in [0.15, 0.2) is 42.7 Å². The minimum absolute atomic E-state index is 0.00176. The summed E-state index contributed by atoms with van der Waals surface area (Å²) in [5, 5.41) is 9.67. The summed E-state index contributed by atoms with van der Waals surface area (Å²) >= 11 is 0. The standard InChI is InChI=1S/C30H40N6O5/c1-19(41-15-20-9-7-6-8-10-20)24(26(38)31-4)33-25(37)23-14-35(27(39)21-12-32-34(5)13-21)16-30(23)17-36(18-30)28(40)22-11-29(22,2)3/h6-10,12-13,19,22-24H,11,14-18H2,1-5H3,(H,31,38)(H,33,37)/t19-,22?,23?,24+/m1/s1. The van der Waals surface area contributed by atoms with Gasteiger partial charge in [0.15, 0.2) is 0 Å². The van der Waals surface area contributed by atoms with Crippen LogP contribution >= 0.6 is 0 Å². The second kappa shape index (κ2) is 10.9. The number of amides is 4. The van der Waals surface area contributed by atoms with E-state index in [4.69, 9.17) is 4.74 Å². The average Bonchev–Trinajstić information content (AvgIpc) is 3.24. The predicted molar refractivity (Wildman–Crippen MR) is 150 cm³/mol. The Bertz CT molecular complexity index is 1320. The lowest BCUT2D eigenvalue weighted by Gasteiger charge is -2.50. The van der Waals surface area contributed by atoms with Crippen molar-refractivity contribution in [2.45, 2.75) is 45.9 Å². The minimum Gasteiger partial charge on any atom is -0.371 e. The van der Waals surface area contributed by atoms with Crippen molar-refractivity contribution in [2.75, 3.05) is 33.2 Å². The van der Waals surface area contributed by atoms with Gasteiger partial charge in [-0.05, 0) is 24.3 Å². The van der Waals surface area contributed by atoms with Crippen LogP contribution in [-0.4, -0.2) is 88.6 Å². The van der Waals surface area contributed by atoms with Crippen LogP contribution in [0.4, 0.5) is 0 Å². The number of hydrogen-bond donors (Lipinski definition) is 2. The van der Waals surface area contributed by atoms with Crippen molar-refractivity contribution in [2.24, 2.45) is 29.7 Å². The molecule has 4 atom stereocenters. The Labute approximate surface area is 240 Å². The second-order valence-corrected chi connectivity index (χ2v) is 12.5. The Hall–Kier alpha value is -3.73. The van der Waals surface area contributed by atoms with Crippen molar-refractivity contribution in [1.82, 2.24) is 30.2 Å². The maximum Gasteiger partial charge on any atom is 0.257 e. The molecule has 3 fully saturated rings. The summed E-state index contributed by atoms with van der Waals surface area (Å²) in [4.78, 5) is 56.7. The molecule has 1 aliphatic carbocycles. The fourth-order valence-corrected chi connectivity index (χ4v) is 6.20. The number of likely N-dealkylation sites (N-methyl/N-ethyl adjacent to an activating group) is 1. The Morgan fingerprint density at radius 2 is 1.73 bits per heavy atom. The molecule has 1 aromatic heterocycles. The van der Waals surface area contributed by atoms with E-state index < -0.39 is 23.5 Å². The van der Waals surface area contributed by atoms with E-state index in [0.717, 1.165) is 12.0 Å². The number of nitrogens with one attached hydrogen (secondary N) is 2. The number of likely N-dealkylation sites (tertiary alicyclic amines) is 2. The number of carbonyl (C=O) groups excluding carboxylic acids is 4. The molecule has 220 valence electrons. The number of nitrogens with zero attached hydrogens (tertiary/aromatic N) is 4. The molecule has 0 radical (unpaired) electrons. The van der Waals surface area contributed by atoms with Crippen LogP contribution < -0.4 is 10.6 Å². The number of ether oxygens (including phenoxy) is 1. The number of carbonyl (C=O) groups is 4. The highest BCUT2D eigenvalue weighted by Gasteiger charge is 2.62. The van der Waals surface area contributed by atoms with Gasteiger partial charge in [-0.2, -0.15) is 5.10 Å². The third-order valence-electron chi connectivity index (χ3n) is 8.99. The molecule has 2 aliphatic heterocycles. The molecule has 5 rings (SSSR count). The van der Waals surface area contributed by atoms with E-state index in [1.165, 1.54) is 13.2 Å². The minimum atomic E-state index is -0.929. The molecule has 41 heavy (non-hydrogen) atoms. The van der Waals surface area contributed by atoms with E-state index >= 15 is 0 Å². The molecule has 0 bridgehead atoms. The highest BCUT2D eigenvalue weighted by Crippen LogP contribution is 2.54. The van der Waals surface area contributed by atoms with E-state index in [1.807, 2.05) is 35.2 Å². The lowest BCUT2D eigenvalue weighted by molar-refractivity contribution is -0.152. The Morgan fingerprint density at radius 1 is 1.07 bits per heavy atom. The lowest BCUT2D eigenvalue weighted by atomic mass is 9.70. The summed E-state index contributed by atoms with van der Waals surface area (Å²) < 4.78 is 7.55. The smallest absolute Gasteiger partial charge is 0.257 e. The van der Waals surface area contributed by atoms with E-state index in [-0.39, 0.29) is 41.5 Å². The summed E-state index contributed by atoms with van der Waals surface area (Å²) in [6, 6.07) is 8.68. The molecule has 2 saturated heterocycles. The van der Waals surface area contributed by atoms with Gasteiger partial charge >= 0.3 is 0 Å². The largest absolute Gasteiger partial charge is 0.371 e. The number of hydrogen-bond acceptors (Lipinski definition) is 6. The number of rotatable bonds is 9. The van der Waals surface area contributed by atoms with Crippen LogP contribution in [0.25, 0.3) is 0 Å². The first-order valence-electron chi connectivity index (χ1n) is 14.2. The van der Waals surface area contributed by atoms with Crippen molar-refractivity contribution in [3.63, 3.8) is 0 Å². The van der Waals surface area contributed by atoms with Crippen molar-refractivity contribution >= 4 is 23.6 Å². The van der Waals surface area contributed by atoms with Crippen molar-refractivity contribution in [3.8, 4) is 0 Å². The van der Waals surface area contributed by atoms with E-state index in [9.17, 15) is 19.2 Å². The third kappa shape index (κ3) is 5.72. The predicted octanol–water partition coefficient (Wildman–Crippen LogP) is 1.20. The van der Waals surface area contributed by atoms with E-state index in [0.29, 0.717) is 31.8 Å². The van der Waals surface area contributed by atoms with Crippen molar-refractivity contribution in [1.29, 1.82) is 0 Å². The van der Waals surface area contributed by atoms with Crippen LogP contribution in [0.5, 0.6) is 0 Å². The molecule has 2 N–H and O–H groups in total. The summed E-state index contributed by atoms with van der Waals surface area (Å²) in [6.45, 7) is 7.57. The molecule has 11 nitrogen and oxygen atoms in total. The van der Waals surface area contributed by atoms with Gasteiger partial charge in [-0.15, -0.1) is 0 Å². The van der Waals surface area contributed by atoms with Crippen molar-refractivity contribution < 1.29 is 23.9 Å².